The maximum absolute atomic E-state index is 4.27. The Bertz CT molecular complexity index is 402. The van der Waals surface area contributed by atoms with Gasteiger partial charge in [0.2, 0.25) is 0 Å². The van der Waals surface area contributed by atoms with E-state index in [2.05, 4.69) is 27.1 Å². The van der Waals surface area contributed by atoms with E-state index in [-0.39, 0.29) is 0 Å². The number of hydrogen-bond acceptors (Lipinski definition) is 3. The Balaban J connectivity index is 2.30. The van der Waals surface area contributed by atoms with Crippen molar-refractivity contribution >= 4 is 11.8 Å². The van der Waals surface area contributed by atoms with Gasteiger partial charge in [-0.2, -0.15) is 0 Å². The van der Waals surface area contributed by atoms with Gasteiger partial charge in [0.25, 0.3) is 0 Å². The zero-order chi connectivity index (χ0) is 9.80. The molecule has 1 aromatic rings. The highest BCUT2D eigenvalue weighted by atomic mass is 14.9. The van der Waals surface area contributed by atoms with Crippen LogP contribution in [0.4, 0.5) is 0 Å². The molecule has 0 fully saturated rings. The van der Waals surface area contributed by atoms with E-state index in [4.69, 9.17) is 0 Å². The van der Waals surface area contributed by atoms with Gasteiger partial charge in [-0.3, -0.25) is 4.99 Å². The lowest BCUT2D eigenvalue weighted by Crippen LogP contribution is -1.93. The maximum Gasteiger partial charge on any atom is 0.160 e. The Kier molecular flexibility index (Phi) is 2.49. The molecule has 1 aromatic heterocycles. The molecule has 0 aliphatic carbocycles. The summed E-state index contributed by atoms with van der Waals surface area (Å²) >= 11 is 0. The van der Waals surface area contributed by atoms with E-state index >= 15 is 0 Å². The average Bonchev–Trinajstić information content (AvgIpc) is 2.44. The molecule has 3 nitrogen and oxygen atoms in total. The summed E-state index contributed by atoms with van der Waals surface area (Å²) < 4.78 is 0. The Morgan fingerprint density at radius 2 is 1.93 bits per heavy atom. The summed E-state index contributed by atoms with van der Waals surface area (Å²) in [6.45, 7) is 1.99. The van der Waals surface area contributed by atoms with Crippen LogP contribution in [-0.2, 0) is 0 Å². The maximum atomic E-state index is 4.27. The van der Waals surface area contributed by atoms with E-state index in [0.29, 0.717) is 0 Å². The molecule has 0 amide bonds. The molecule has 0 unspecified atom stereocenters. The lowest BCUT2D eigenvalue weighted by atomic mass is 10.2. The van der Waals surface area contributed by atoms with Crippen LogP contribution in [0, 0.1) is 0 Å². The van der Waals surface area contributed by atoms with E-state index < -0.39 is 0 Å². The van der Waals surface area contributed by atoms with E-state index in [1.165, 1.54) is 0 Å². The average molecular weight is 185 g/mol. The monoisotopic (exact) mass is 185 g/mol. The van der Waals surface area contributed by atoms with Crippen molar-refractivity contribution in [1.29, 1.82) is 0 Å². The number of rotatable bonds is 1. The van der Waals surface area contributed by atoms with Crippen molar-refractivity contribution in [3.05, 3.63) is 42.1 Å². The van der Waals surface area contributed by atoms with Crippen molar-refractivity contribution in [2.24, 2.45) is 4.99 Å². The molecule has 0 spiro atoms. The van der Waals surface area contributed by atoms with Crippen molar-refractivity contribution in [1.82, 2.24) is 9.97 Å². The minimum Gasteiger partial charge on any atom is -0.261 e. The van der Waals surface area contributed by atoms with Crippen molar-refractivity contribution in [3.63, 3.8) is 0 Å². The first-order valence-electron chi connectivity index (χ1n) is 4.54. The Labute approximate surface area is 82.9 Å². The van der Waals surface area contributed by atoms with E-state index in [1.54, 1.807) is 18.5 Å². The fourth-order valence-corrected chi connectivity index (χ4v) is 1.23. The number of aliphatic imine (C=N–C) groups is 1. The lowest BCUT2D eigenvalue weighted by molar-refractivity contribution is 1.12. The largest absolute Gasteiger partial charge is 0.261 e. The fourth-order valence-electron chi connectivity index (χ4n) is 1.23. The molecule has 1 aliphatic rings. The predicted octanol–water partition coefficient (Wildman–Crippen LogP) is 2.24. The van der Waals surface area contributed by atoms with E-state index in [9.17, 15) is 0 Å². The molecule has 1 aliphatic heterocycles. The van der Waals surface area contributed by atoms with Gasteiger partial charge in [-0.25, -0.2) is 9.97 Å². The van der Waals surface area contributed by atoms with Crippen LogP contribution in [0.25, 0.3) is 5.57 Å². The summed E-state index contributed by atoms with van der Waals surface area (Å²) in [6.07, 6.45) is 10.3. The molecule has 0 bridgehead atoms. The Morgan fingerprint density at radius 1 is 1.14 bits per heavy atom. The van der Waals surface area contributed by atoms with Crippen molar-refractivity contribution < 1.29 is 0 Å². The third-order valence-corrected chi connectivity index (χ3v) is 1.98. The summed E-state index contributed by atoms with van der Waals surface area (Å²) in [5, 5.41) is 0. The number of allylic oxidation sites excluding steroid dienone is 4. The number of nitrogens with zero attached hydrogens (tertiary/aromatic N) is 3. The highest BCUT2D eigenvalue weighted by molar-refractivity contribution is 6.08. The van der Waals surface area contributed by atoms with Crippen molar-refractivity contribution in [2.75, 3.05) is 0 Å². The highest BCUT2D eigenvalue weighted by Gasteiger charge is 2.02. The first-order valence-corrected chi connectivity index (χ1v) is 4.54. The van der Waals surface area contributed by atoms with E-state index in [1.807, 2.05) is 13.1 Å². The summed E-state index contributed by atoms with van der Waals surface area (Å²) in [7, 11) is 0. The highest BCUT2D eigenvalue weighted by Crippen LogP contribution is 2.12. The molecule has 0 saturated carbocycles. The third-order valence-electron chi connectivity index (χ3n) is 1.98. The molecule has 0 atom stereocenters. The molecule has 0 radical (unpaired) electrons. The third kappa shape index (κ3) is 1.93. The second kappa shape index (κ2) is 3.96. The molecular formula is C11H11N3. The smallest absolute Gasteiger partial charge is 0.160 e. The van der Waals surface area contributed by atoms with Gasteiger partial charge in [-0.15, -0.1) is 0 Å². The zero-order valence-electron chi connectivity index (χ0n) is 8.01. The number of aromatic nitrogens is 2. The van der Waals surface area contributed by atoms with Gasteiger partial charge in [0, 0.05) is 29.9 Å². The van der Waals surface area contributed by atoms with Crippen LogP contribution in [0.5, 0.6) is 0 Å². The normalized spacial score (nSPS) is 15.8. The van der Waals surface area contributed by atoms with Crippen LogP contribution in [0.1, 0.15) is 19.2 Å². The van der Waals surface area contributed by atoms with Crippen molar-refractivity contribution in [3.8, 4) is 0 Å². The summed E-state index contributed by atoms with van der Waals surface area (Å²) in [5.74, 6) is 0.736. The van der Waals surface area contributed by atoms with Gasteiger partial charge < -0.3 is 0 Å². The second-order valence-electron chi connectivity index (χ2n) is 3.07. The predicted molar refractivity (Wildman–Crippen MR) is 56.9 cm³/mol. The van der Waals surface area contributed by atoms with Gasteiger partial charge in [0.1, 0.15) is 0 Å². The van der Waals surface area contributed by atoms with Gasteiger partial charge in [-0.1, -0.05) is 12.2 Å². The van der Waals surface area contributed by atoms with E-state index in [0.717, 1.165) is 23.5 Å². The van der Waals surface area contributed by atoms with Gasteiger partial charge >= 0.3 is 0 Å². The topological polar surface area (TPSA) is 38.1 Å². The lowest BCUT2D eigenvalue weighted by Gasteiger charge is -1.96. The molecule has 0 saturated heterocycles. The molecule has 3 heteroatoms. The van der Waals surface area contributed by atoms with Crippen LogP contribution in [0.15, 0.2) is 41.3 Å². The quantitative estimate of drug-likeness (QED) is 0.673. The standard InChI is InChI=1S/C11H11N3/c1-9-4-2-5-10(8-14-9)11-12-6-3-7-13-11/h3-8H,2H2,1H3. The molecule has 14 heavy (non-hydrogen) atoms. The first kappa shape index (κ1) is 8.81. The molecular weight excluding hydrogens is 174 g/mol. The van der Waals surface area contributed by atoms with Crippen LogP contribution < -0.4 is 0 Å². The fraction of sp³-hybridized carbons (Fsp3) is 0.182. The summed E-state index contributed by atoms with van der Waals surface area (Å²) in [5.41, 5.74) is 2.02. The number of hydrogen-bond donors (Lipinski definition) is 0. The minimum absolute atomic E-state index is 0.736. The van der Waals surface area contributed by atoms with Crippen LogP contribution in [0.2, 0.25) is 0 Å². The van der Waals surface area contributed by atoms with Gasteiger partial charge in [-0.05, 0) is 19.4 Å². The van der Waals surface area contributed by atoms with Crippen molar-refractivity contribution in [2.45, 2.75) is 13.3 Å². The minimum atomic E-state index is 0.736. The molecule has 70 valence electrons. The first-order chi connectivity index (χ1) is 6.86. The molecule has 2 heterocycles. The second-order valence-corrected chi connectivity index (χ2v) is 3.07. The zero-order valence-corrected chi connectivity index (χ0v) is 8.01. The Hall–Kier alpha value is -1.77. The van der Waals surface area contributed by atoms with Crippen LogP contribution in [0.3, 0.4) is 0 Å². The van der Waals surface area contributed by atoms with Crippen LogP contribution in [-0.4, -0.2) is 16.2 Å². The van der Waals surface area contributed by atoms with Crippen LogP contribution >= 0.6 is 0 Å². The molecule has 0 N–H and O–H groups in total. The summed E-state index contributed by atoms with van der Waals surface area (Å²) in [6, 6.07) is 1.81. The van der Waals surface area contributed by atoms with Gasteiger partial charge in [0.05, 0.1) is 0 Å². The SMILES string of the molecule is CC1=CCC=C(c2ncccn2)C=N1. The molecule has 2 rings (SSSR count). The van der Waals surface area contributed by atoms with Gasteiger partial charge in [0.15, 0.2) is 5.82 Å². The molecule has 0 aromatic carbocycles. The summed E-state index contributed by atoms with van der Waals surface area (Å²) in [4.78, 5) is 12.6. The Morgan fingerprint density at radius 3 is 2.71 bits per heavy atom.